The first-order valence-corrected chi connectivity index (χ1v) is 10.0. The van der Waals surface area contributed by atoms with Gasteiger partial charge < -0.3 is 14.8 Å². The van der Waals surface area contributed by atoms with Gasteiger partial charge in [-0.15, -0.1) is 11.3 Å². The third-order valence-electron chi connectivity index (χ3n) is 3.75. The zero-order valence-electron chi connectivity index (χ0n) is 15.0. The van der Waals surface area contributed by atoms with Crippen molar-refractivity contribution in [1.29, 1.82) is 0 Å². The van der Waals surface area contributed by atoms with Crippen molar-refractivity contribution in [2.75, 3.05) is 13.7 Å². The Morgan fingerprint density at radius 3 is 2.68 bits per heavy atom. The lowest BCUT2D eigenvalue weighted by atomic mass is 10.2. The van der Waals surface area contributed by atoms with Gasteiger partial charge in [0.15, 0.2) is 0 Å². The number of carbonyl (C=O) groups excluding carboxylic acids is 2. The average molecular weight is 461 g/mol. The molecule has 0 aliphatic rings. The van der Waals surface area contributed by atoms with Gasteiger partial charge in [0.05, 0.1) is 12.8 Å². The van der Waals surface area contributed by atoms with Crippen LogP contribution in [0.5, 0.6) is 5.75 Å². The van der Waals surface area contributed by atoms with E-state index in [1.165, 1.54) is 11.3 Å². The predicted octanol–water partition coefficient (Wildman–Crippen LogP) is 4.05. The summed E-state index contributed by atoms with van der Waals surface area (Å²) in [6, 6.07) is 14.5. The van der Waals surface area contributed by atoms with Crippen LogP contribution in [0.25, 0.3) is 10.6 Å². The molecule has 2 aromatic carbocycles. The van der Waals surface area contributed by atoms with Crippen LogP contribution < -0.4 is 10.1 Å². The van der Waals surface area contributed by atoms with Crippen LogP contribution in [0.2, 0.25) is 0 Å². The number of carbonyl (C=O) groups is 2. The van der Waals surface area contributed by atoms with E-state index in [9.17, 15) is 9.59 Å². The predicted molar refractivity (Wildman–Crippen MR) is 110 cm³/mol. The zero-order chi connectivity index (χ0) is 19.9. The molecule has 0 aliphatic carbocycles. The molecule has 1 amide bonds. The van der Waals surface area contributed by atoms with Crippen molar-refractivity contribution in [3.63, 3.8) is 0 Å². The molecule has 1 heterocycles. The second kappa shape index (κ2) is 9.48. The summed E-state index contributed by atoms with van der Waals surface area (Å²) >= 11 is 4.77. The van der Waals surface area contributed by atoms with Gasteiger partial charge in [-0.25, -0.2) is 4.98 Å². The highest BCUT2D eigenvalue weighted by Crippen LogP contribution is 2.25. The summed E-state index contributed by atoms with van der Waals surface area (Å²) in [5, 5.41) is 5.21. The number of aromatic nitrogens is 1. The number of hydrogen-bond donors (Lipinski definition) is 1. The topological polar surface area (TPSA) is 77.5 Å². The van der Waals surface area contributed by atoms with E-state index in [2.05, 4.69) is 26.2 Å². The maximum Gasteiger partial charge on any atom is 0.325 e. The minimum atomic E-state index is -0.526. The molecule has 0 bridgehead atoms. The molecule has 6 nitrogen and oxygen atoms in total. The van der Waals surface area contributed by atoms with Gasteiger partial charge in [0.1, 0.15) is 23.9 Å². The molecule has 0 unspecified atom stereocenters. The van der Waals surface area contributed by atoms with Crippen LogP contribution in [0.1, 0.15) is 16.1 Å². The van der Waals surface area contributed by atoms with Gasteiger partial charge in [0.25, 0.3) is 5.91 Å². The van der Waals surface area contributed by atoms with Crippen molar-refractivity contribution in [2.45, 2.75) is 6.61 Å². The minimum Gasteiger partial charge on any atom is -0.497 e. The van der Waals surface area contributed by atoms with Crippen LogP contribution in [0.4, 0.5) is 0 Å². The van der Waals surface area contributed by atoms with Crippen molar-refractivity contribution in [3.05, 3.63) is 69.6 Å². The molecule has 0 spiro atoms. The monoisotopic (exact) mass is 460 g/mol. The van der Waals surface area contributed by atoms with Crippen molar-refractivity contribution < 1.29 is 19.1 Å². The number of esters is 1. The van der Waals surface area contributed by atoms with E-state index < -0.39 is 5.97 Å². The SMILES string of the molecule is COc1ccc(-c2nc(COC(=O)CNC(=O)c3cccc(Br)c3)cs2)cc1. The lowest BCUT2D eigenvalue weighted by Gasteiger charge is -2.06. The first-order chi connectivity index (χ1) is 13.5. The van der Waals surface area contributed by atoms with E-state index in [0.29, 0.717) is 11.3 Å². The maximum atomic E-state index is 12.0. The van der Waals surface area contributed by atoms with Crippen molar-refractivity contribution in [1.82, 2.24) is 10.3 Å². The van der Waals surface area contributed by atoms with E-state index in [1.807, 2.05) is 35.7 Å². The van der Waals surface area contributed by atoms with Crippen LogP contribution in [0, 0.1) is 0 Å². The standard InChI is InChI=1S/C20H17BrN2O4S/c1-26-17-7-5-13(6-8-17)20-23-16(12-28-20)11-27-18(24)10-22-19(25)14-3-2-4-15(21)9-14/h2-9,12H,10-11H2,1H3,(H,22,25). The number of halogens is 1. The molecule has 28 heavy (non-hydrogen) atoms. The Hall–Kier alpha value is -2.71. The average Bonchev–Trinajstić information content (AvgIpc) is 3.19. The number of methoxy groups -OCH3 is 1. The molecule has 0 atom stereocenters. The van der Waals surface area contributed by atoms with Gasteiger partial charge in [-0.2, -0.15) is 0 Å². The molecule has 0 radical (unpaired) electrons. The fourth-order valence-electron chi connectivity index (χ4n) is 2.33. The van der Waals surface area contributed by atoms with E-state index in [0.717, 1.165) is 20.8 Å². The van der Waals surface area contributed by atoms with Crippen LogP contribution >= 0.6 is 27.3 Å². The van der Waals surface area contributed by atoms with E-state index in [-0.39, 0.29) is 19.1 Å². The molecule has 0 fully saturated rings. The molecule has 1 N–H and O–H groups in total. The fraction of sp³-hybridized carbons (Fsp3) is 0.150. The van der Waals surface area contributed by atoms with Crippen molar-refractivity contribution >= 4 is 39.1 Å². The summed E-state index contributed by atoms with van der Waals surface area (Å²) in [4.78, 5) is 28.4. The summed E-state index contributed by atoms with van der Waals surface area (Å²) in [5.74, 6) is -0.0876. The second-order valence-electron chi connectivity index (χ2n) is 5.73. The highest BCUT2D eigenvalue weighted by atomic mass is 79.9. The van der Waals surface area contributed by atoms with Gasteiger partial charge in [0, 0.05) is 21.0 Å². The first kappa shape index (κ1) is 20.0. The Morgan fingerprint density at radius 2 is 1.96 bits per heavy atom. The Bertz CT molecular complexity index is 972. The number of benzene rings is 2. The van der Waals surface area contributed by atoms with Gasteiger partial charge >= 0.3 is 5.97 Å². The van der Waals surface area contributed by atoms with E-state index in [4.69, 9.17) is 9.47 Å². The Balaban J connectivity index is 1.48. The molecule has 144 valence electrons. The number of thiazole rings is 1. The summed E-state index contributed by atoms with van der Waals surface area (Å²) in [7, 11) is 1.62. The number of ether oxygens (including phenoxy) is 2. The van der Waals surface area contributed by atoms with E-state index in [1.54, 1.807) is 25.3 Å². The van der Waals surface area contributed by atoms with Gasteiger partial charge in [-0.05, 0) is 42.5 Å². The summed E-state index contributed by atoms with van der Waals surface area (Å²) in [5.41, 5.74) is 2.08. The second-order valence-corrected chi connectivity index (χ2v) is 7.50. The van der Waals surface area contributed by atoms with Crippen LogP contribution in [0.3, 0.4) is 0 Å². The highest BCUT2D eigenvalue weighted by Gasteiger charge is 2.11. The molecular formula is C20H17BrN2O4S. The van der Waals surface area contributed by atoms with Crippen LogP contribution in [0.15, 0.2) is 58.4 Å². The lowest BCUT2D eigenvalue weighted by Crippen LogP contribution is -2.30. The van der Waals surface area contributed by atoms with Gasteiger partial charge in [-0.3, -0.25) is 9.59 Å². The number of amides is 1. The molecular weight excluding hydrogens is 444 g/mol. The highest BCUT2D eigenvalue weighted by molar-refractivity contribution is 9.10. The molecule has 0 saturated heterocycles. The third-order valence-corrected chi connectivity index (χ3v) is 5.18. The Labute approximate surface area is 174 Å². The molecule has 0 aliphatic heterocycles. The van der Waals surface area contributed by atoms with Gasteiger partial charge in [-0.1, -0.05) is 22.0 Å². The summed E-state index contributed by atoms with van der Waals surface area (Å²) < 4.78 is 11.1. The lowest BCUT2D eigenvalue weighted by molar-refractivity contribution is -0.143. The number of hydrogen-bond acceptors (Lipinski definition) is 6. The molecule has 1 aromatic heterocycles. The van der Waals surface area contributed by atoms with Crippen LogP contribution in [-0.2, 0) is 16.1 Å². The quantitative estimate of drug-likeness (QED) is 0.538. The minimum absolute atomic E-state index is 0.0538. The molecule has 3 rings (SSSR count). The Kier molecular flexibility index (Phi) is 6.78. The third kappa shape index (κ3) is 5.40. The summed E-state index contributed by atoms with van der Waals surface area (Å²) in [6.07, 6.45) is 0. The molecule has 0 saturated carbocycles. The zero-order valence-corrected chi connectivity index (χ0v) is 17.4. The van der Waals surface area contributed by atoms with Crippen molar-refractivity contribution in [3.8, 4) is 16.3 Å². The number of nitrogens with one attached hydrogen (secondary N) is 1. The van der Waals surface area contributed by atoms with Gasteiger partial charge in [0.2, 0.25) is 0 Å². The molecule has 3 aromatic rings. The Morgan fingerprint density at radius 1 is 1.18 bits per heavy atom. The smallest absolute Gasteiger partial charge is 0.325 e. The number of nitrogens with zero attached hydrogens (tertiary/aromatic N) is 1. The largest absolute Gasteiger partial charge is 0.497 e. The van der Waals surface area contributed by atoms with E-state index >= 15 is 0 Å². The maximum absolute atomic E-state index is 12.0. The van der Waals surface area contributed by atoms with Crippen molar-refractivity contribution in [2.24, 2.45) is 0 Å². The molecule has 8 heteroatoms. The normalized spacial score (nSPS) is 10.4. The first-order valence-electron chi connectivity index (χ1n) is 8.33. The van der Waals surface area contributed by atoms with Crippen LogP contribution in [-0.4, -0.2) is 30.5 Å². The number of rotatable bonds is 7. The fourth-order valence-corrected chi connectivity index (χ4v) is 3.54. The summed E-state index contributed by atoms with van der Waals surface area (Å²) in [6.45, 7) is -0.154.